The minimum Gasteiger partial charge on any atom is -0.494 e. The van der Waals surface area contributed by atoms with E-state index in [4.69, 9.17) is 4.74 Å². The lowest BCUT2D eigenvalue weighted by molar-refractivity contribution is -0.122. The van der Waals surface area contributed by atoms with Crippen LogP contribution in [0.3, 0.4) is 0 Å². The predicted molar refractivity (Wildman–Crippen MR) is 139 cm³/mol. The molecule has 2 unspecified atom stereocenters. The van der Waals surface area contributed by atoms with Gasteiger partial charge in [0.2, 0.25) is 5.54 Å². The van der Waals surface area contributed by atoms with Gasteiger partial charge in [-0.2, -0.15) is 0 Å². The first-order valence-corrected chi connectivity index (χ1v) is 12.8. The minimum atomic E-state index is -1.72. The van der Waals surface area contributed by atoms with Crippen LogP contribution >= 0.6 is 0 Å². The Morgan fingerprint density at radius 1 is 1.10 bits per heavy atom. The lowest BCUT2D eigenvalue weighted by Crippen LogP contribution is -2.54. The number of nitrogens with one attached hydrogen (secondary N) is 2. The molecule has 204 valence electrons. The molecule has 0 spiro atoms. The second-order valence-electron chi connectivity index (χ2n) is 9.81. The third-order valence-electron chi connectivity index (χ3n) is 7.47. The molecule has 0 aliphatic carbocycles. The van der Waals surface area contributed by atoms with Gasteiger partial charge in [0.25, 0.3) is 11.8 Å². The molecule has 39 heavy (non-hydrogen) atoms. The summed E-state index contributed by atoms with van der Waals surface area (Å²) in [6.07, 6.45) is -0.737. The zero-order chi connectivity index (χ0) is 27.7. The van der Waals surface area contributed by atoms with Crippen molar-refractivity contribution < 1.29 is 28.6 Å². The highest BCUT2D eigenvalue weighted by Gasteiger charge is 2.48. The second kappa shape index (κ2) is 10.6. The Morgan fingerprint density at radius 3 is 2.44 bits per heavy atom. The number of benzene rings is 2. The molecule has 2 fully saturated rings. The molecular formula is C28H30FN5O5. The van der Waals surface area contributed by atoms with Crippen LogP contribution in [0.4, 0.5) is 9.18 Å². The van der Waals surface area contributed by atoms with Crippen LogP contribution in [0, 0.1) is 17.7 Å². The number of aliphatic hydroxyl groups is 1. The summed E-state index contributed by atoms with van der Waals surface area (Å²) >= 11 is 0. The fourth-order valence-corrected chi connectivity index (χ4v) is 5.15. The molecule has 2 aromatic carbocycles. The topological polar surface area (TPSA) is 114 Å². The molecule has 4 amide bonds. The van der Waals surface area contributed by atoms with E-state index < -0.39 is 35.4 Å². The van der Waals surface area contributed by atoms with Crippen molar-refractivity contribution in [3.8, 4) is 17.6 Å². The van der Waals surface area contributed by atoms with E-state index in [9.17, 15) is 23.9 Å². The van der Waals surface area contributed by atoms with Crippen molar-refractivity contribution in [2.75, 3.05) is 46.4 Å². The standard InChI is InChI=1S/C28H30FN5O5/c1-3-32-12-14-33(15-13-32)24(35)19-6-4-18(5-7-19)10-11-28(26(37)30-27(38)31-28)17-34-16-20-8-9-21(39-2)23(29)22(20)25(34)36/h4-9,24,35H,3,12-17H2,1-2H3,(H2,30,31,37,38). The van der Waals surface area contributed by atoms with Crippen LogP contribution in [-0.2, 0) is 11.3 Å². The van der Waals surface area contributed by atoms with Gasteiger partial charge in [0.1, 0.15) is 6.23 Å². The number of amides is 4. The Hall–Kier alpha value is -3.98. The second-order valence-corrected chi connectivity index (χ2v) is 9.81. The third kappa shape index (κ3) is 5.06. The van der Waals surface area contributed by atoms with Crippen LogP contribution in [0.1, 0.15) is 40.2 Å². The number of rotatable bonds is 6. The number of likely N-dealkylation sites (N-methyl/N-ethyl adjacent to an activating group) is 1. The number of methoxy groups -OCH3 is 1. The first-order valence-electron chi connectivity index (χ1n) is 12.8. The van der Waals surface area contributed by atoms with E-state index >= 15 is 0 Å². The number of hydrogen-bond acceptors (Lipinski definition) is 7. The summed E-state index contributed by atoms with van der Waals surface area (Å²) in [6.45, 7) is 6.23. The normalized spacial score (nSPS) is 22.2. The van der Waals surface area contributed by atoms with Crippen LogP contribution in [0.2, 0.25) is 0 Å². The van der Waals surface area contributed by atoms with Gasteiger partial charge in [-0.15, -0.1) is 0 Å². The molecule has 0 saturated carbocycles. The number of hydrogen-bond donors (Lipinski definition) is 3. The fraction of sp³-hybridized carbons (Fsp3) is 0.393. The van der Waals surface area contributed by atoms with Gasteiger partial charge in [0.15, 0.2) is 11.6 Å². The maximum absolute atomic E-state index is 14.8. The predicted octanol–water partition coefficient (Wildman–Crippen LogP) is 1.05. The number of carbonyl (C=O) groups excluding carboxylic acids is 3. The van der Waals surface area contributed by atoms with Crippen LogP contribution < -0.4 is 15.4 Å². The lowest BCUT2D eigenvalue weighted by Gasteiger charge is -2.36. The number of urea groups is 1. The Morgan fingerprint density at radius 2 is 1.82 bits per heavy atom. The molecule has 3 aliphatic heterocycles. The average molecular weight is 536 g/mol. The number of imide groups is 1. The third-order valence-corrected chi connectivity index (χ3v) is 7.47. The number of aliphatic hydroxyl groups excluding tert-OH is 1. The number of ether oxygens (including phenoxy) is 1. The molecule has 3 N–H and O–H groups in total. The molecule has 0 bridgehead atoms. The summed E-state index contributed by atoms with van der Waals surface area (Å²) in [7, 11) is 1.31. The Kier molecular flexibility index (Phi) is 7.27. The molecule has 2 saturated heterocycles. The van der Waals surface area contributed by atoms with Crippen molar-refractivity contribution in [3.63, 3.8) is 0 Å². The SMILES string of the molecule is CCN1CCN(C(O)c2ccc(C#CC3(CN4Cc5ccc(OC)c(F)c5C4=O)NC(=O)NC3=O)cc2)CC1. The van der Waals surface area contributed by atoms with Crippen molar-refractivity contribution in [2.45, 2.75) is 25.2 Å². The average Bonchev–Trinajstić information content (AvgIpc) is 3.42. The monoisotopic (exact) mass is 535 g/mol. The smallest absolute Gasteiger partial charge is 0.323 e. The molecule has 11 heteroatoms. The first-order chi connectivity index (χ1) is 18.7. The Labute approximate surface area is 225 Å². The highest BCUT2D eigenvalue weighted by atomic mass is 19.1. The maximum atomic E-state index is 14.8. The highest BCUT2D eigenvalue weighted by Crippen LogP contribution is 2.32. The van der Waals surface area contributed by atoms with Gasteiger partial charge in [0.05, 0.1) is 19.2 Å². The fourth-order valence-electron chi connectivity index (χ4n) is 5.15. The molecule has 10 nitrogen and oxygen atoms in total. The molecule has 0 radical (unpaired) electrons. The molecule has 5 rings (SSSR count). The van der Waals surface area contributed by atoms with Gasteiger partial charge in [-0.05, 0) is 35.9 Å². The van der Waals surface area contributed by atoms with Gasteiger partial charge in [-0.3, -0.25) is 19.8 Å². The van der Waals surface area contributed by atoms with Crippen LogP contribution in [0.5, 0.6) is 5.75 Å². The van der Waals surface area contributed by atoms with E-state index in [0.29, 0.717) is 11.1 Å². The molecule has 3 aliphatic rings. The minimum absolute atomic E-state index is 0.0536. The van der Waals surface area contributed by atoms with Crippen LogP contribution in [-0.4, -0.2) is 89.6 Å². The van der Waals surface area contributed by atoms with Crippen LogP contribution in [0.15, 0.2) is 36.4 Å². The number of halogens is 1. The zero-order valence-electron chi connectivity index (χ0n) is 21.8. The molecule has 0 aromatic heterocycles. The quantitative estimate of drug-likeness (QED) is 0.374. The highest BCUT2D eigenvalue weighted by molar-refractivity contribution is 6.10. The van der Waals surface area contributed by atoms with Gasteiger partial charge in [0, 0.05) is 38.3 Å². The summed E-state index contributed by atoms with van der Waals surface area (Å²) in [6, 6.07) is 9.32. The Balaban J connectivity index is 1.34. The summed E-state index contributed by atoms with van der Waals surface area (Å²) in [4.78, 5) is 43.6. The van der Waals surface area contributed by atoms with Crippen molar-refractivity contribution in [3.05, 3.63) is 64.5 Å². The van der Waals surface area contributed by atoms with E-state index in [1.54, 1.807) is 30.3 Å². The van der Waals surface area contributed by atoms with Crippen LogP contribution in [0.25, 0.3) is 0 Å². The van der Waals surface area contributed by atoms with Gasteiger partial charge in [-0.25, -0.2) is 9.18 Å². The summed E-state index contributed by atoms with van der Waals surface area (Å²) in [5, 5.41) is 15.5. The van der Waals surface area contributed by atoms with Gasteiger partial charge in [-0.1, -0.05) is 37.0 Å². The lowest BCUT2D eigenvalue weighted by atomic mass is 9.98. The summed E-state index contributed by atoms with van der Waals surface area (Å²) < 4.78 is 19.8. The van der Waals surface area contributed by atoms with E-state index in [2.05, 4.69) is 34.3 Å². The number of fused-ring (bicyclic) bond motifs is 1. The van der Waals surface area contributed by atoms with Crippen molar-refractivity contribution in [1.29, 1.82) is 0 Å². The number of piperazine rings is 1. The largest absolute Gasteiger partial charge is 0.494 e. The molecule has 2 atom stereocenters. The van der Waals surface area contributed by atoms with Crippen molar-refractivity contribution in [2.24, 2.45) is 0 Å². The van der Waals surface area contributed by atoms with E-state index in [1.807, 2.05) is 4.90 Å². The van der Waals surface area contributed by atoms with Crippen molar-refractivity contribution >= 4 is 17.8 Å². The van der Waals surface area contributed by atoms with E-state index in [1.165, 1.54) is 18.1 Å². The van der Waals surface area contributed by atoms with E-state index in [0.717, 1.165) is 38.3 Å². The number of carbonyl (C=O) groups is 3. The maximum Gasteiger partial charge on any atom is 0.323 e. The molecular weight excluding hydrogens is 505 g/mol. The van der Waals surface area contributed by atoms with Gasteiger partial charge >= 0.3 is 6.03 Å². The Bertz CT molecular complexity index is 1360. The van der Waals surface area contributed by atoms with Gasteiger partial charge < -0.3 is 25.0 Å². The zero-order valence-corrected chi connectivity index (χ0v) is 21.8. The number of nitrogens with zero attached hydrogens (tertiary/aromatic N) is 3. The molecule has 3 heterocycles. The summed E-state index contributed by atoms with van der Waals surface area (Å²) in [5.74, 6) is 3.63. The first kappa shape index (κ1) is 26.6. The summed E-state index contributed by atoms with van der Waals surface area (Å²) in [5.41, 5.74) is -0.0947. The molecule has 2 aromatic rings. The van der Waals surface area contributed by atoms with Crippen molar-refractivity contribution in [1.82, 2.24) is 25.3 Å². The van der Waals surface area contributed by atoms with E-state index in [-0.39, 0.29) is 24.4 Å².